The first kappa shape index (κ1) is 13.0. The van der Waals surface area contributed by atoms with E-state index in [2.05, 4.69) is 43.2 Å². The summed E-state index contributed by atoms with van der Waals surface area (Å²) in [4.78, 5) is 7.09. The van der Waals surface area contributed by atoms with Crippen LogP contribution in [0.1, 0.15) is 12.7 Å². The molecular weight excluding hydrogens is 306 g/mol. The monoisotopic (exact) mass is 323 g/mol. The number of nitrogens with zero attached hydrogens (tertiary/aromatic N) is 4. The van der Waals surface area contributed by atoms with E-state index in [4.69, 9.17) is 0 Å². The van der Waals surface area contributed by atoms with Gasteiger partial charge in [0.05, 0.1) is 0 Å². The first-order valence-electron chi connectivity index (χ1n) is 6.68. The van der Waals surface area contributed by atoms with Crippen molar-refractivity contribution >= 4 is 21.6 Å². The summed E-state index contributed by atoms with van der Waals surface area (Å²) in [5.41, 5.74) is 0.900. The highest BCUT2D eigenvalue weighted by Gasteiger charge is 2.18. The first-order chi connectivity index (χ1) is 9.22. The van der Waals surface area contributed by atoms with Crippen LogP contribution in [0, 0.1) is 0 Å². The summed E-state index contributed by atoms with van der Waals surface area (Å²) in [7, 11) is 0. The van der Waals surface area contributed by atoms with E-state index in [-0.39, 0.29) is 0 Å². The Labute approximate surface area is 121 Å². The molecule has 2 aromatic heterocycles. The molecule has 1 atom stereocenters. The number of nitrogens with one attached hydrogen (secondary N) is 1. The molecule has 1 fully saturated rings. The maximum Gasteiger partial charge on any atom is 0.156 e. The normalized spacial score (nSPS) is 18.8. The Morgan fingerprint density at radius 1 is 1.42 bits per heavy atom. The molecule has 3 rings (SSSR count). The van der Waals surface area contributed by atoms with Crippen molar-refractivity contribution in [1.29, 1.82) is 0 Å². The molecule has 102 valence electrons. The molecule has 0 spiro atoms. The van der Waals surface area contributed by atoms with Crippen molar-refractivity contribution < 1.29 is 0 Å². The summed E-state index contributed by atoms with van der Waals surface area (Å²) >= 11 is 3.46. The summed E-state index contributed by atoms with van der Waals surface area (Å²) in [6, 6.07) is 4.46. The van der Waals surface area contributed by atoms with Crippen LogP contribution in [0.4, 0.5) is 0 Å². The molecule has 0 bridgehead atoms. The molecule has 0 aromatic carbocycles. The van der Waals surface area contributed by atoms with Crippen LogP contribution >= 0.6 is 15.9 Å². The number of hydrogen-bond acceptors (Lipinski definition) is 4. The fourth-order valence-corrected chi connectivity index (χ4v) is 2.83. The maximum atomic E-state index is 4.59. The lowest BCUT2D eigenvalue weighted by atomic mass is 10.2. The average Bonchev–Trinajstić information content (AvgIpc) is 2.81. The van der Waals surface area contributed by atoms with Gasteiger partial charge < -0.3 is 5.32 Å². The van der Waals surface area contributed by atoms with Gasteiger partial charge in [0.2, 0.25) is 0 Å². The zero-order valence-electron chi connectivity index (χ0n) is 11.0. The fraction of sp³-hybridized carbons (Fsp3) is 0.538. The van der Waals surface area contributed by atoms with Gasteiger partial charge >= 0.3 is 0 Å². The molecule has 0 radical (unpaired) electrons. The molecule has 0 saturated carbocycles. The van der Waals surface area contributed by atoms with Gasteiger partial charge in [0.15, 0.2) is 11.5 Å². The Bertz CT molecular complexity index is 561. The van der Waals surface area contributed by atoms with Crippen molar-refractivity contribution in [2.24, 2.45) is 0 Å². The number of rotatable bonds is 3. The molecule has 1 aliphatic rings. The van der Waals surface area contributed by atoms with Crippen molar-refractivity contribution in [1.82, 2.24) is 24.8 Å². The minimum atomic E-state index is 0.489. The van der Waals surface area contributed by atoms with Crippen molar-refractivity contribution in [3.8, 4) is 0 Å². The van der Waals surface area contributed by atoms with E-state index in [9.17, 15) is 0 Å². The zero-order chi connectivity index (χ0) is 13.2. The van der Waals surface area contributed by atoms with Gasteiger partial charge in [-0.05, 0) is 19.1 Å². The summed E-state index contributed by atoms with van der Waals surface area (Å²) in [6.45, 7) is 6.64. The van der Waals surface area contributed by atoms with Crippen LogP contribution in [0.5, 0.6) is 0 Å². The second-order valence-corrected chi connectivity index (χ2v) is 5.93. The molecule has 19 heavy (non-hydrogen) atoms. The number of fused-ring (bicyclic) bond motifs is 1. The van der Waals surface area contributed by atoms with Gasteiger partial charge in [0.25, 0.3) is 0 Å². The quantitative estimate of drug-likeness (QED) is 0.925. The molecule has 6 heteroatoms. The third-order valence-corrected chi connectivity index (χ3v) is 4.09. The molecule has 2 aromatic rings. The van der Waals surface area contributed by atoms with E-state index in [0.717, 1.165) is 48.5 Å². The maximum absolute atomic E-state index is 4.59. The highest BCUT2D eigenvalue weighted by molar-refractivity contribution is 9.10. The van der Waals surface area contributed by atoms with Crippen LogP contribution in [0.15, 0.2) is 22.8 Å². The van der Waals surface area contributed by atoms with Crippen LogP contribution in [-0.2, 0) is 6.42 Å². The van der Waals surface area contributed by atoms with Crippen LogP contribution in [0.25, 0.3) is 5.65 Å². The summed E-state index contributed by atoms with van der Waals surface area (Å²) in [5, 5.41) is 7.91. The van der Waals surface area contributed by atoms with Crippen LogP contribution in [-0.4, -0.2) is 51.7 Å². The van der Waals surface area contributed by atoms with Crippen molar-refractivity contribution in [2.75, 3.05) is 26.2 Å². The number of piperazine rings is 1. The second-order valence-electron chi connectivity index (χ2n) is 5.01. The summed E-state index contributed by atoms with van der Waals surface area (Å²) in [5.74, 6) is 0.920. The molecule has 1 N–H and O–H groups in total. The van der Waals surface area contributed by atoms with E-state index < -0.39 is 0 Å². The van der Waals surface area contributed by atoms with Crippen LogP contribution in [0.3, 0.4) is 0 Å². The van der Waals surface area contributed by atoms with Gasteiger partial charge in [0, 0.05) is 49.3 Å². The lowest BCUT2D eigenvalue weighted by Crippen LogP contribution is -2.48. The highest BCUT2D eigenvalue weighted by atomic mass is 79.9. The SMILES string of the molecule is CC(Cc1nc2cc(Br)ccn2n1)N1CCNCC1. The van der Waals surface area contributed by atoms with E-state index in [0.29, 0.717) is 6.04 Å². The van der Waals surface area contributed by atoms with Gasteiger partial charge in [-0.3, -0.25) is 4.90 Å². The van der Waals surface area contributed by atoms with Gasteiger partial charge in [-0.15, -0.1) is 0 Å². The lowest BCUT2D eigenvalue weighted by Gasteiger charge is -2.32. The fourth-order valence-electron chi connectivity index (χ4n) is 2.51. The second kappa shape index (κ2) is 5.56. The molecule has 0 aliphatic carbocycles. The van der Waals surface area contributed by atoms with E-state index in [1.165, 1.54) is 0 Å². The lowest BCUT2D eigenvalue weighted by molar-refractivity contribution is 0.182. The Hall–Kier alpha value is -0.980. The highest BCUT2D eigenvalue weighted by Crippen LogP contribution is 2.13. The number of pyridine rings is 1. The first-order valence-corrected chi connectivity index (χ1v) is 7.47. The summed E-state index contributed by atoms with van der Waals surface area (Å²) in [6.07, 6.45) is 2.84. The largest absolute Gasteiger partial charge is 0.314 e. The molecule has 1 aliphatic heterocycles. The average molecular weight is 324 g/mol. The van der Waals surface area contributed by atoms with E-state index in [1.807, 2.05) is 22.8 Å². The van der Waals surface area contributed by atoms with Gasteiger partial charge in [-0.1, -0.05) is 15.9 Å². The van der Waals surface area contributed by atoms with Crippen molar-refractivity contribution in [2.45, 2.75) is 19.4 Å². The number of aromatic nitrogens is 3. The third-order valence-electron chi connectivity index (χ3n) is 3.60. The molecule has 3 heterocycles. The van der Waals surface area contributed by atoms with Crippen molar-refractivity contribution in [3.05, 3.63) is 28.6 Å². The molecule has 1 saturated heterocycles. The topological polar surface area (TPSA) is 45.5 Å². The Kier molecular flexibility index (Phi) is 3.81. The minimum absolute atomic E-state index is 0.489. The van der Waals surface area contributed by atoms with Gasteiger partial charge in [-0.2, -0.15) is 5.10 Å². The minimum Gasteiger partial charge on any atom is -0.314 e. The standard InChI is InChI=1S/C13H18BrN5/c1-10(18-6-3-15-4-7-18)8-12-16-13-9-11(14)2-5-19(13)17-12/h2,5,9-10,15H,3-4,6-8H2,1H3. The van der Waals surface area contributed by atoms with E-state index in [1.54, 1.807) is 0 Å². The van der Waals surface area contributed by atoms with Crippen LogP contribution < -0.4 is 5.32 Å². The molecule has 1 unspecified atom stereocenters. The predicted octanol–water partition coefficient (Wildman–Crippen LogP) is 1.33. The zero-order valence-corrected chi connectivity index (χ0v) is 12.6. The third kappa shape index (κ3) is 2.96. The smallest absolute Gasteiger partial charge is 0.156 e. The Balaban J connectivity index is 1.73. The Morgan fingerprint density at radius 2 is 2.21 bits per heavy atom. The number of hydrogen-bond donors (Lipinski definition) is 1. The Morgan fingerprint density at radius 3 is 3.00 bits per heavy atom. The molecular formula is C13H18BrN5. The molecule has 5 nitrogen and oxygen atoms in total. The van der Waals surface area contributed by atoms with Crippen molar-refractivity contribution in [3.63, 3.8) is 0 Å². The van der Waals surface area contributed by atoms with Crippen LogP contribution in [0.2, 0.25) is 0 Å². The molecule has 0 amide bonds. The number of halogens is 1. The van der Waals surface area contributed by atoms with E-state index >= 15 is 0 Å². The van der Waals surface area contributed by atoms with Gasteiger partial charge in [0.1, 0.15) is 0 Å². The predicted molar refractivity (Wildman–Crippen MR) is 78.3 cm³/mol. The van der Waals surface area contributed by atoms with Gasteiger partial charge in [-0.25, -0.2) is 9.50 Å². The summed E-state index contributed by atoms with van der Waals surface area (Å²) < 4.78 is 2.87.